The van der Waals surface area contributed by atoms with Crippen LogP contribution in [0.25, 0.3) is 0 Å². The van der Waals surface area contributed by atoms with Gasteiger partial charge < -0.3 is 14.7 Å². The predicted octanol–water partition coefficient (Wildman–Crippen LogP) is 2.09. The van der Waals surface area contributed by atoms with Crippen molar-refractivity contribution >= 4 is 11.9 Å². The summed E-state index contributed by atoms with van der Waals surface area (Å²) in [5.74, 6) is -0.685. The fourth-order valence-electron chi connectivity index (χ4n) is 3.85. The summed E-state index contributed by atoms with van der Waals surface area (Å²) in [6.45, 7) is 2.41. The normalized spacial score (nSPS) is 24.2. The van der Waals surface area contributed by atoms with E-state index >= 15 is 0 Å². The number of likely N-dealkylation sites (tertiary alicyclic amines) is 1. The Bertz CT molecular complexity index is 866. The van der Waals surface area contributed by atoms with Gasteiger partial charge in [-0.15, -0.1) is 0 Å². The number of aliphatic carboxylic acids is 1. The lowest BCUT2D eigenvalue weighted by Gasteiger charge is -2.35. The molecule has 1 saturated heterocycles. The second-order valence-electron chi connectivity index (χ2n) is 6.72. The molecular weight excluding hydrogens is 320 g/mol. The molecule has 2 aromatic rings. The maximum absolute atomic E-state index is 12.9. The Morgan fingerprint density at radius 1 is 1.32 bits per heavy atom. The van der Waals surface area contributed by atoms with Crippen molar-refractivity contribution < 1.29 is 19.4 Å². The number of aryl methyl sites for hydroxylation is 1. The summed E-state index contributed by atoms with van der Waals surface area (Å²) in [5.41, 5.74) is 1.08. The van der Waals surface area contributed by atoms with E-state index in [1.165, 1.54) is 6.20 Å². The highest BCUT2D eigenvalue weighted by Gasteiger charge is 2.57. The van der Waals surface area contributed by atoms with Gasteiger partial charge in [-0.25, -0.2) is 0 Å². The van der Waals surface area contributed by atoms with Gasteiger partial charge in [0.1, 0.15) is 17.8 Å². The first-order valence-electron chi connectivity index (χ1n) is 8.18. The number of hydrogen-bond donors (Lipinski definition) is 1. The zero-order valence-corrected chi connectivity index (χ0v) is 13.8. The molecule has 0 unspecified atom stereocenters. The van der Waals surface area contributed by atoms with Gasteiger partial charge >= 0.3 is 5.97 Å². The van der Waals surface area contributed by atoms with Crippen LogP contribution in [0.4, 0.5) is 0 Å². The molecule has 2 aliphatic rings. The highest BCUT2D eigenvalue weighted by molar-refractivity contribution is 5.96. The third-order valence-corrected chi connectivity index (χ3v) is 5.31. The first-order valence-corrected chi connectivity index (χ1v) is 8.18. The number of carbonyl (C=O) groups is 2. The maximum atomic E-state index is 12.9. The fraction of sp³-hybridized carbons (Fsp3) is 0.316. The Labute approximate surface area is 145 Å². The molecule has 6 nitrogen and oxygen atoms in total. The monoisotopic (exact) mass is 338 g/mol. The molecule has 2 aliphatic heterocycles. The van der Waals surface area contributed by atoms with E-state index in [1.54, 1.807) is 17.2 Å². The number of amides is 1. The van der Waals surface area contributed by atoms with Crippen molar-refractivity contribution in [1.29, 1.82) is 0 Å². The van der Waals surface area contributed by atoms with Gasteiger partial charge in [0, 0.05) is 37.0 Å². The smallest absolute Gasteiger partial charge is 0.315 e. The molecule has 25 heavy (non-hydrogen) atoms. The third kappa shape index (κ3) is 2.28. The minimum Gasteiger partial charge on any atom is -0.492 e. The molecule has 4 rings (SSSR count). The summed E-state index contributed by atoms with van der Waals surface area (Å²) in [5, 5.41) is 9.92. The number of hydrogen-bond acceptors (Lipinski definition) is 4. The quantitative estimate of drug-likeness (QED) is 0.907. The summed E-state index contributed by atoms with van der Waals surface area (Å²) in [4.78, 5) is 30.7. The minimum absolute atomic E-state index is 0.0693. The van der Waals surface area contributed by atoms with Crippen LogP contribution in [0.1, 0.15) is 27.4 Å². The number of rotatable bonds is 2. The maximum Gasteiger partial charge on any atom is 0.315 e. The molecule has 3 heterocycles. The summed E-state index contributed by atoms with van der Waals surface area (Å²) < 4.78 is 5.73. The Hall–Kier alpha value is -2.89. The molecule has 1 amide bonds. The van der Waals surface area contributed by atoms with Crippen LogP contribution in [0.2, 0.25) is 0 Å². The third-order valence-electron chi connectivity index (χ3n) is 5.31. The van der Waals surface area contributed by atoms with Crippen LogP contribution in [0.15, 0.2) is 42.7 Å². The number of carbonyl (C=O) groups excluding carboxylic acids is 1. The lowest BCUT2D eigenvalue weighted by Crippen LogP contribution is -2.46. The van der Waals surface area contributed by atoms with Gasteiger partial charge in [0.15, 0.2) is 0 Å². The zero-order valence-electron chi connectivity index (χ0n) is 13.8. The summed E-state index contributed by atoms with van der Waals surface area (Å²) in [6, 6.07) is 9.25. The van der Waals surface area contributed by atoms with E-state index in [0.29, 0.717) is 17.9 Å². The summed E-state index contributed by atoms with van der Waals surface area (Å²) in [6.07, 6.45) is 3.18. The zero-order chi connectivity index (χ0) is 17.6. The van der Waals surface area contributed by atoms with Crippen molar-refractivity contribution in [2.24, 2.45) is 5.41 Å². The topological polar surface area (TPSA) is 79.7 Å². The number of aromatic nitrogens is 1. The van der Waals surface area contributed by atoms with E-state index in [4.69, 9.17) is 4.74 Å². The lowest BCUT2D eigenvalue weighted by molar-refractivity contribution is -0.151. The number of ether oxygens (including phenoxy) is 1. The van der Waals surface area contributed by atoms with Crippen molar-refractivity contribution in [3.05, 3.63) is 59.4 Å². The van der Waals surface area contributed by atoms with Gasteiger partial charge in [-0.3, -0.25) is 14.6 Å². The van der Waals surface area contributed by atoms with Gasteiger partial charge in [0.25, 0.3) is 5.91 Å². The summed E-state index contributed by atoms with van der Waals surface area (Å²) in [7, 11) is 0. The molecular formula is C19H18N2O4. The van der Waals surface area contributed by atoms with Crippen LogP contribution < -0.4 is 4.74 Å². The lowest BCUT2D eigenvalue weighted by atomic mass is 9.73. The van der Waals surface area contributed by atoms with E-state index < -0.39 is 11.4 Å². The van der Waals surface area contributed by atoms with E-state index in [1.807, 2.05) is 31.2 Å². The standard InChI is InChI=1S/C19H18N2O4/c1-12-6-7-20-8-14(12)17(22)21-9-15-13-4-2-3-5-16(13)25-11-19(15,10-21)18(23)24/h2-8,15H,9-11H2,1H3,(H,23,24)/t15-,19-/m1/s1. The van der Waals surface area contributed by atoms with E-state index in [2.05, 4.69) is 4.98 Å². The van der Waals surface area contributed by atoms with Crippen molar-refractivity contribution in [3.8, 4) is 5.75 Å². The van der Waals surface area contributed by atoms with Crippen molar-refractivity contribution in [3.63, 3.8) is 0 Å². The van der Waals surface area contributed by atoms with Gasteiger partial charge in [0.2, 0.25) is 0 Å². The molecule has 1 aromatic carbocycles. The Kier molecular flexibility index (Phi) is 3.49. The summed E-state index contributed by atoms with van der Waals surface area (Å²) >= 11 is 0. The van der Waals surface area contributed by atoms with Crippen molar-refractivity contribution in [2.45, 2.75) is 12.8 Å². The number of carboxylic acids is 1. The minimum atomic E-state index is -1.11. The van der Waals surface area contributed by atoms with Gasteiger partial charge in [-0.05, 0) is 24.6 Å². The number of para-hydroxylation sites is 1. The Morgan fingerprint density at radius 2 is 2.12 bits per heavy atom. The Morgan fingerprint density at radius 3 is 2.88 bits per heavy atom. The van der Waals surface area contributed by atoms with E-state index in [9.17, 15) is 14.7 Å². The predicted molar refractivity (Wildman–Crippen MR) is 89.6 cm³/mol. The van der Waals surface area contributed by atoms with Crippen LogP contribution in [0, 0.1) is 12.3 Å². The molecule has 0 aliphatic carbocycles. The molecule has 1 aromatic heterocycles. The van der Waals surface area contributed by atoms with Crippen molar-refractivity contribution in [2.75, 3.05) is 19.7 Å². The average Bonchev–Trinajstić information content (AvgIpc) is 3.03. The molecule has 1 fully saturated rings. The molecule has 128 valence electrons. The van der Waals surface area contributed by atoms with E-state index in [-0.39, 0.29) is 25.0 Å². The first kappa shape index (κ1) is 15.6. The van der Waals surface area contributed by atoms with E-state index in [0.717, 1.165) is 11.1 Å². The molecule has 0 bridgehead atoms. The fourth-order valence-corrected chi connectivity index (χ4v) is 3.85. The highest BCUT2D eigenvalue weighted by atomic mass is 16.5. The molecule has 0 radical (unpaired) electrons. The largest absolute Gasteiger partial charge is 0.492 e. The molecule has 2 atom stereocenters. The van der Waals surface area contributed by atoms with Gasteiger partial charge in [-0.1, -0.05) is 18.2 Å². The molecule has 1 N–H and O–H groups in total. The number of pyridine rings is 1. The van der Waals surface area contributed by atoms with Crippen LogP contribution in [0.3, 0.4) is 0 Å². The van der Waals surface area contributed by atoms with Gasteiger partial charge in [-0.2, -0.15) is 0 Å². The first-order chi connectivity index (χ1) is 12.0. The van der Waals surface area contributed by atoms with Crippen LogP contribution in [-0.4, -0.2) is 46.6 Å². The number of benzene rings is 1. The molecule has 6 heteroatoms. The average molecular weight is 338 g/mol. The van der Waals surface area contributed by atoms with Crippen molar-refractivity contribution in [1.82, 2.24) is 9.88 Å². The SMILES string of the molecule is Cc1ccncc1C(=O)N1C[C@@H]2c3ccccc3OC[C@]2(C(=O)O)C1. The van der Waals surface area contributed by atoms with Gasteiger partial charge in [0.05, 0.1) is 5.56 Å². The molecule has 0 saturated carbocycles. The second kappa shape index (κ2) is 5.58. The second-order valence-corrected chi connectivity index (χ2v) is 6.72. The number of nitrogens with zero attached hydrogens (tertiary/aromatic N) is 2. The van der Waals surface area contributed by atoms with Crippen LogP contribution in [-0.2, 0) is 4.79 Å². The Balaban J connectivity index is 1.73. The number of carboxylic acid groups (broad SMARTS) is 1. The number of fused-ring (bicyclic) bond motifs is 3. The van der Waals surface area contributed by atoms with Crippen LogP contribution in [0.5, 0.6) is 5.75 Å². The van der Waals surface area contributed by atoms with Crippen LogP contribution >= 0.6 is 0 Å². The molecule has 0 spiro atoms. The highest BCUT2D eigenvalue weighted by Crippen LogP contribution is 2.49.